The quantitative estimate of drug-likeness (QED) is 0.729. The molecule has 1 aliphatic heterocycles. The standard InChI is InChI=1S/C17H14ClIN2O2/c1-21-15-9-11(18)4-7-13(15)16(22)20-14(17(21)23)8-10-2-5-12(19)6-3-10/h2-7,9,14H,8H2,1H3,(H,20,22). The normalized spacial score (nSPS) is 17.5. The summed E-state index contributed by atoms with van der Waals surface area (Å²) in [5.41, 5.74) is 1.99. The fourth-order valence-corrected chi connectivity index (χ4v) is 3.14. The average molecular weight is 441 g/mol. The largest absolute Gasteiger partial charge is 0.340 e. The van der Waals surface area contributed by atoms with Crippen LogP contribution in [0.1, 0.15) is 15.9 Å². The van der Waals surface area contributed by atoms with Crippen molar-refractivity contribution >= 4 is 51.7 Å². The molecule has 23 heavy (non-hydrogen) atoms. The minimum absolute atomic E-state index is 0.155. The highest BCUT2D eigenvalue weighted by atomic mass is 127. The van der Waals surface area contributed by atoms with Gasteiger partial charge in [-0.2, -0.15) is 0 Å². The highest BCUT2D eigenvalue weighted by Gasteiger charge is 2.31. The molecular formula is C17H14ClIN2O2. The van der Waals surface area contributed by atoms with Crippen LogP contribution >= 0.6 is 34.2 Å². The molecule has 0 spiro atoms. The lowest BCUT2D eigenvalue weighted by Gasteiger charge is -2.21. The molecule has 2 aromatic carbocycles. The first-order valence-corrected chi connectivity index (χ1v) is 8.54. The number of hydrogen-bond donors (Lipinski definition) is 1. The van der Waals surface area contributed by atoms with Crippen LogP contribution in [0.2, 0.25) is 5.02 Å². The zero-order chi connectivity index (χ0) is 16.6. The summed E-state index contributed by atoms with van der Waals surface area (Å²) in [4.78, 5) is 26.6. The van der Waals surface area contributed by atoms with E-state index in [1.165, 1.54) is 4.90 Å². The summed E-state index contributed by atoms with van der Waals surface area (Å²) in [5, 5.41) is 3.32. The van der Waals surface area contributed by atoms with Gasteiger partial charge in [-0.25, -0.2) is 0 Å². The van der Waals surface area contributed by atoms with E-state index in [1.54, 1.807) is 25.2 Å². The molecule has 0 aromatic heterocycles. The van der Waals surface area contributed by atoms with E-state index in [0.29, 0.717) is 22.7 Å². The summed E-state index contributed by atoms with van der Waals surface area (Å²) in [5.74, 6) is -0.414. The summed E-state index contributed by atoms with van der Waals surface area (Å²) in [6.45, 7) is 0. The Labute approximate surface area is 153 Å². The monoisotopic (exact) mass is 440 g/mol. The second-order valence-electron chi connectivity index (χ2n) is 5.42. The number of likely N-dealkylation sites (N-methyl/N-ethyl adjacent to an activating group) is 1. The molecule has 1 heterocycles. The van der Waals surface area contributed by atoms with Gasteiger partial charge in [0.05, 0.1) is 11.3 Å². The highest BCUT2D eigenvalue weighted by molar-refractivity contribution is 14.1. The third kappa shape index (κ3) is 3.35. The maximum atomic E-state index is 12.7. The van der Waals surface area contributed by atoms with Gasteiger partial charge in [-0.15, -0.1) is 0 Å². The molecular weight excluding hydrogens is 427 g/mol. The first-order chi connectivity index (χ1) is 11.0. The molecule has 2 aromatic rings. The highest BCUT2D eigenvalue weighted by Crippen LogP contribution is 2.27. The third-order valence-electron chi connectivity index (χ3n) is 3.85. The van der Waals surface area contributed by atoms with Crippen molar-refractivity contribution < 1.29 is 9.59 Å². The molecule has 118 valence electrons. The number of nitrogens with one attached hydrogen (secondary N) is 1. The second-order valence-corrected chi connectivity index (χ2v) is 7.10. The fourth-order valence-electron chi connectivity index (χ4n) is 2.62. The summed E-state index contributed by atoms with van der Waals surface area (Å²) in [7, 11) is 1.67. The lowest BCUT2D eigenvalue weighted by Crippen LogP contribution is -2.45. The maximum absolute atomic E-state index is 12.7. The summed E-state index contributed by atoms with van der Waals surface area (Å²) < 4.78 is 1.13. The van der Waals surface area contributed by atoms with Gasteiger partial charge in [-0.3, -0.25) is 9.59 Å². The average Bonchev–Trinajstić information content (AvgIpc) is 2.61. The topological polar surface area (TPSA) is 49.4 Å². The summed E-state index contributed by atoms with van der Waals surface area (Å²) in [6, 6.07) is 12.2. The molecule has 4 nitrogen and oxygen atoms in total. The van der Waals surface area contributed by atoms with Crippen molar-refractivity contribution in [1.82, 2.24) is 5.32 Å². The minimum Gasteiger partial charge on any atom is -0.340 e. The smallest absolute Gasteiger partial charge is 0.254 e. The molecule has 1 N–H and O–H groups in total. The number of amides is 2. The number of halogens is 2. The van der Waals surface area contributed by atoms with Gasteiger partial charge in [-0.05, 0) is 58.5 Å². The number of carbonyl (C=O) groups excluding carboxylic acids is 2. The van der Waals surface area contributed by atoms with Crippen molar-refractivity contribution in [2.75, 3.05) is 11.9 Å². The first-order valence-electron chi connectivity index (χ1n) is 7.08. The third-order valence-corrected chi connectivity index (χ3v) is 4.81. The van der Waals surface area contributed by atoms with E-state index in [2.05, 4.69) is 27.9 Å². The molecule has 1 atom stereocenters. The number of fused-ring (bicyclic) bond motifs is 1. The van der Waals surface area contributed by atoms with Gasteiger partial charge in [0.15, 0.2) is 0 Å². The van der Waals surface area contributed by atoms with Crippen LogP contribution in [0.4, 0.5) is 5.69 Å². The molecule has 0 aliphatic carbocycles. The van der Waals surface area contributed by atoms with Crippen LogP contribution in [-0.2, 0) is 11.2 Å². The van der Waals surface area contributed by atoms with Gasteiger partial charge >= 0.3 is 0 Å². The van der Waals surface area contributed by atoms with E-state index in [9.17, 15) is 9.59 Å². The number of hydrogen-bond acceptors (Lipinski definition) is 2. The molecule has 1 unspecified atom stereocenters. The van der Waals surface area contributed by atoms with Crippen LogP contribution in [-0.4, -0.2) is 24.9 Å². The SMILES string of the molecule is CN1C(=O)C(Cc2ccc(I)cc2)NC(=O)c2ccc(Cl)cc21. The van der Waals surface area contributed by atoms with Crippen LogP contribution in [0.3, 0.4) is 0 Å². The number of benzene rings is 2. The predicted molar refractivity (Wildman–Crippen MR) is 99.0 cm³/mol. The number of carbonyl (C=O) groups is 2. The molecule has 2 amide bonds. The van der Waals surface area contributed by atoms with Crippen LogP contribution in [0.15, 0.2) is 42.5 Å². The number of nitrogens with zero attached hydrogens (tertiary/aromatic N) is 1. The maximum Gasteiger partial charge on any atom is 0.254 e. The zero-order valence-corrected chi connectivity index (χ0v) is 15.3. The predicted octanol–water partition coefficient (Wildman–Crippen LogP) is 3.26. The molecule has 3 rings (SSSR count). The molecule has 0 saturated carbocycles. The lowest BCUT2D eigenvalue weighted by atomic mass is 10.1. The minimum atomic E-state index is -0.598. The van der Waals surface area contributed by atoms with Gasteiger partial charge in [0.2, 0.25) is 5.91 Å². The Balaban J connectivity index is 1.92. The molecule has 0 bridgehead atoms. The van der Waals surface area contributed by atoms with Crippen LogP contribution in [0.25, 0.3) is 0 Å². The zero-order valence-electron chi connectivity index (χ0n) is 12.3. The van der Waals surface area contributed by atoms with Crippen molar-refractivity contribution in [3.63, 3.8) is 0 Å². The summed E-state index contributed by atoms with van der Waals surface area (Å²) >= 11 is 8.23. The van der Waals surface area contributed by atoms with Gasteiger partial charge in [0, 0.05) is 22.1 Å². The van der Waals surface area contributed by atoms with E-state index < -0.39 is 6.04 Å². The van der Waals surface area contributed by atoms with Crippen molar-refractivity contribution in [1.29, 1.82) is 0 Å². The van der Waals surface area contributed by atoms with E-state index in [-0.39, 0.29) is 11.8 Å². The van der Waals surface area contributed by atoms with Crippen molar-refractivity contribution in [3.8, 4) is 0 Å². The Bertz CT molecular complexity index is 777. The van der Waals surface area contributed by atoms with Crippen LogP contribution in [0, 0.1) is 3.57 Å². The molecule has 0 radical (unpaired) electrons. The Morgan fingerprint density at radius 1 is 1.17 bits per heavy atom. The molecule has 1 aliphatic rings. The van der Waals surface area contributed by atoms with Crippen molar-refractivity contribution in [2.24, 2.45) is 0 Å². The molecule has 0 saturated heterocycles. The van der Waals surface area contributed by atoms with Crippen molar-refractivity contribution in [3.05, 3.63) is 62.2 Å². The lowest BCUT2D eigenvalue weighted by molar-refractivity contribution is -0.120. The van der Waals surface area contributed by atoms with Gasteiger partial charge < -0.3 is 10.2 Å². The van der Waals surface area contributed by atoms with E-state index in [1.807, 2.05) is 24.3 Å². The summed E-state index contributed by atoms with van der Waals surface area (Å²) in [6.07, 6.45) is 0.452. The Morgan fingerprint density at radius 3 is 2.57 bits per heavy atom. The van der Waals surface area contributed by atoms with Gasteiger partial charge in [0.25, 0.3) is 5.91 Å². The first kappa shape index (κ1) is 16.3. The molecule has 0 fully saturated rings. The van der Waals surface area contributed by atoms with Crippen LogP contribution < -0.4 is 10.2 Å². The Hall–Kier alpha value is -1.60. The van der Waals surface area contributed by atoms with Gasteiger partial charge in [0.1, 0.15) is 6.04 Å². The van der Waals surface area contributed by atoms with E-state index >= 15 is 0 Å². The number of anilines is 1. The fraction of sp³-hybridized carbons (Fsp3) is 0.176. The van der Waals surface area contributed by atoms with Crippen molar-refractivity contribution in [2.45, 2.75) is 12.5 Å². The van der Waals surface area contributed by atoms with Crippen LogP contribution in [0.5, 0.6) is 0 Å². The van der Waals surface area contributed by atoms with E-state index in [4.69, 9.17) is 11.6 Å². The van der Waals surface area contributed by atoms with Gasteiger partial charge in [-0.1, -0.05) is 23.7 Å². The van der Waals surface area contributed by atoms with E-state index in [0.717, 1.165) is 9.13 Å². The Morgan fingerprint density at radius 2 is 1.87 bits per heavy atom. The molecule has 6 heteroatoms. The Kier molecular flexibility index (Phi) is 4.59. The second kappa shape index (κ2) is 6.49. The number of rotatable bonds is 2.